The Balaban J connectivity index is 2.10. The monoisotopic (exact) mass is 298 g/mol. The first-order chi connectivity index (χ1) is 10.4. The quantitative estimate of drug-likeness (QED) is 0.628. The Morgan fingerprint density at radius 1 is 1.14 bits per heavy atom. The van der Waals surface area contributed by atoms with Crippen LogP contribution in [0.4, 0.5) is 0 Å². The zero-order chi connectivity index (χ0) is 16.2. The Morgan fingerprint density at radius 2 is 1.82 bits per heavy atom. The second-order valence-corrected chi connectivity index (χ2v) is 7.59. The fourth-order valence-corrected chi connectivity index (χ4v) is 3.36. The van der Waals surface area contributed by atoms with E-state index in [2.05, 4.69) is 64.1 Å². The van der Waals surface area contributed by atoms with E-state index < -0.39 is 0 Å². The lowest BCUT2D eigenvalue weighted by molar-refractivity contribution is -0.120. The number of hydrogen-bond acceptors (Lipinski definition) is 1. The van der Waals surface area contributed by atoms with Crippen molar-refractivity contribution < 1.29 is 4.79 Å². The first kappa shape index (κ1) is 17.0. The molecule has 1 fully saturated rings. The fraction of sp³-hybridized carbons (Fsp3) is 0.571. The van der Waals surface area contributed by atoms with E-state index in [9.17, 15) is 4.79 Å². The first-order valence-electron chi connectivity index (χ1n) is 8.71. The maximum absolute atomic E-state index is 12.2. The summed E-state index contributed by atoms with van der Waals surface area (Å²) in [6.07, 6.45) is 9.40. The van der Waals surface area contributed by atoms with Crippen molar-refractivity contribution in [3.8, 4) is 0 Å². The molecule has 2 rings (SSSR count). The smallest absolute Gasteiger partial charge is 0.136 e. The van der Waals surface area contributed by atoms with Crippen LogP contribution in [0, 0.1) is 5.92 Å². The minimum Gasteiger partial charge on any atom is -0.299 e. The van der Waals surface area contributed by atoms with Crippen molar-refractivity contribution in [3.63, 3.8) is 0 Å². The Hall–Kier alpha value is -1.37. The maximum Gasteiger partial charge on any atom is 0.136 e. The number of rotatable bonds is 5. The molecule has 0 spiro atoms. The SMILES string of the molecule is CCC/C=C\CC1C(=O)CCC1c1ccc(C(C)(C)C)cc1. The number of carbonyl (C=O) groups excluding carboxylic acids is 1. The molecular formula is C21H30O. The Labute approximate surface area is 135 Å². The molecule has 0 amide bonds. The molecule has 2 atom stereocenters. The van der Waals surface area contributed by atoms with Crippen molar-refractivity contribution in [2.75, 3.05) is 0 Å². The molecule has 0 radical (unpaired) electrons. The molecular weight excluding hydrogens is 268 g/mol. The standard InChI is InChI=1S/C21H30O/c1-5-6-7-8-9-19-18(14-15-20(19)22)16-10-12-17(13-11-16)21(2,3)4/h7-8,10-13,18-19H,5-6,9,14-15H2,1-4H3/b8-7-. The van der Waals surface area contributed by atoms with Gasteiger partial charge in [0.15, 0.2) is 0 Å². The van der Waals surface area contributed by atoms with Gasteiger partial charge in [0.05, 0.1) is 0 Å². The zero-order valence-electron chi connectivity index (χ0n) is 14.6. The molecule has 1 aliphatic carbocycles. The summed E-state index contributed by atoms with van der Waals surface area (Å²) in [6.45, 7) is 8.90. The van der Waals surface area contributed by atoms with E-state index in [0.717, 1.165) is 25.7 Å². The molecule has 1 aliphatic rings. The van der Waals surface area contributed by atoms with Gasteiger partial charge in [-0.25, -0.2) is 0 Å². The van der Waals surface area contributed by atoms with E-state index in [1.54, 1.807) is 0 Å². The molecule has 1 aromatic carbocycles. The Kier molecular flexibility index (Phi) is 5.61. The van der Waals surface area contributed by atoms with Crippen molar-refractivity contribution in [2.24, 2.45) is 5.92 Å². The average molecular weight is 298 g/mol. The summed E-state index contributed by atoms with van der Waals surface area (Å²) >= 11 is 0. The first-order valence-corrected chi connectivity index (χ1v) is 8.71. The average Bonchev–Trinajstić information content (AvgIpc) is 2.84. The van der Waals surface area contributed by atoms with Gasteiger partial charge in [-0.1, -0.05) is 70.5 Å². The molecule has 0 heterocycles. The number of unbranched alkanes of at least 4 members (excludes halogenated alkanes) is 1. The molecule has 2 unspecified atom stereocenters. The largest absolute Gasteiger partial charge is 0.299 e. The van der Waals surface area contributed by atoms with Crippen LogP contribution in [0.1, 0.15) is 76.8 Å². The van der Waals surface area contributed by atoms with E-state index in [1.165, 1.54) is 17.5 Å². The van der Waals surface area contributed by atoms with Gasteiger partial charge in [0.2, 0.25) is 0 Å². The van der Waals surface area contributed by atoms with Crippen LogP contribution in [-0.4, -0.2) is 5.78 Å². The highest BCUT2D eigenvalue weighted by molar-refractivity contribution is 5.84. The van der Waals surface area contributed by atoms with Crippen molar-refractivity contribution in [1.29, 1.82) is 0 Å². The van der Waals surface area contributed by atoms with E-state index in [0.29, 0.717) is 11.7 Å². The van der Waals surface area contributed by atoms with Gasteiger partial charge in [0, 0.05) is 12.3 Å². The molecule has 0 bridgehead atoms. The lowest BCUT2D eigenvalue weighted by Gasteiger charge is -2.22. The van der Waals surface area contributed by atoms with E-state index >= 15 is 0 Å². The summed E-state index contributed by atoms with van der Waals surface area (Å²) in [4.78, 5) is 12.2. The third-order valence-corrected chi connectivity index (χ3v) is 4.82. The lowest BCUT2D eigenvalue weighted by atomic mass is 9.82. The van der Waals surface area contributed by atoms with Gasteiger partial charge in [-0.05, 0) is 41.7 Å². The predicted molar refractivity (Wildman–Crippen MR) is 94.3 cm³/mol. The summed E-state index contributed by atoms with van der Waals surface area (Å²) in [6, 6.07) is 8.96. The Bertz CT molecular complexity index is 516. The number of allylic oxidation sites excluding steroid dienone is 2. The maximum atomic E-state index is 12.2. The van der Waals surface area contributed by atoms with Crippen molar-refractivity contribution in [3.05, 3.63) is 47.5 Å². The summed E-state index contributed by atoms with van der Waals surface area (Å²) < 4.78 is 0. The topological polar surface area (TPSA) is 17.1 Å². The van der Waals surface area contributed by atoms with Gasteiger partial charge in [-0.15, -0.1) is 0 Å². The predicted octanol–water partition coefficient (Wildman–Crippen LogP) is 5.79. The van der Waals surface area contributed by atoms with Gasteiger partial charge in [0.1, 0.15) is 5.78 Å². The molecule has 1 heteroatoms. The van der Waals surface area contributed by atoms with Crippen LogP contribution in [0.5, 0.6) is 0 Å². The van der Waals surface area contributed by atoms with Crippen LogP contribution < -0.4 is 0 Å². The second kappa shape index (κ2) is 7.26. The van der Waals surface area contributed by atoms with Crippen molar-refractivity contribution >= 4 is 5.78 Å². The molecule has 0 aliphatic heterocycles. The van der Waals surface area contributed by atoms with Gasteiger partial charge >= 0.3 is 0 Å². The van der Waals surface area contributed by atoms with Crippen molar-refractivity contribution in [1.82, 2.24) is 0 Å². The van der Waals surface area contributed by atoms with Crippen LogP contribution in [0.15, 0.2) is 36.4 Å². The van der Waals surface area contributed by atoms with Gasteiger partial charge in [-0.2, -0.15) is 0 Å². The number of carbonyl (C=O) groups is 1. The highest BCUT2D eigenvalue weighted by Gasteiger charge is 2.34. The highest BCUT2D eigenvalue weighted by atomic mass is 16.1. The van der Waals surface area contributed by atoms with Crippen LogP contribution in [0.3, 0.4) is 0 Å². The van der Waals surface area contributed by atoms with Gasteiger partial charge < -0.3 is 0 Å². The minimum absolute atomic E-state index is 0.187. The van der Waals surface area contributed by atoms with E-state index in [4.69, 9.17) is 0 Å². The number of hydrogen-bond donors (Lipinski definition) is 0. The molecule has 1 nitrogen and oxygen atoms in total. The summed E-state index contributed by atoms with van der Waals surface area (Å²) in [7, 11) is 0. The Morgan fingerprint density at radius 3 is 2.41 bits per heavy atom. The van der Waals surface area contributed by atoms with Crippen LogP contribution in [-0.2, 0) is 10.2 Å². The molecule has 0 saturated heterocycles. The summed E-state index contributed by atoms with van der Waals surface area (Å²) in [5, 5.41) is 0. The summed E-state index contributed by atoms with van der Waals surface area (Å²) in [5.41, 5.74) is 2.89. The molecule has 1 aromatic rings. The lowest BCUT2D eigenvalue weighted by Crippen LogP contribution is -2.14. The van der Waals surface area contributed by atoms with E-state index in [1.807, 2.05) is 0 Å². The van der Waals surface area contributed by atoms with E-state index in [-0.39, 0.29) is 11.3 Å². The number of Topliss-reactive ketones (excluding diaryl/α,β-unsaturated/α-hetero) is 1. The normalized spacial score (nSPS) is 22.6. The molecule has 120 valence electrons. The minimum atomic E-state index is 0.187. The molecule has 22 heavy (non-hydrogen) atoms. The number of ketones is 1. The van der Waals surface area contributed by atoms with Crippen LogP contribution in [0.2, 0.25) is 0 Å². The van der Waals surface area contributed by atoms with Crippen LogP contribution in [0.25, 0.3) is 0 Å². The molecule has 0 N–H and O–H groups in total. The second-order valence-electron chi connectivity index (χ2n) is 7.59. The zero-order valence-corrected chi connectivity index (χ0v) is 14.6. The molecule has 1 saturated carbocycles. The van der Waals surface area contributed by atoms with Gasteiger partial charge in [-0.3, -0.25) is 4.79 Å². The number of benzene rings is 1. The highest BCUT2D eigenvalue weighted by Crippen LogP contribution is 2.40. The van der Waals surface area contributed by atoms with Crippen molar-refractivity contribution in [2.45, 2.75) is 71.1 Å². The van der Waals surface area contributed by atoms with Crippen LogP contribution >= 0.6 is 0 Å². The van der Waals surface area contributed by atoms with Gasteiger partial charge in [0.25, 0.3) is 0 Å². The third kappa shape index (κ3) is 4.09. The molecule has 0 aromatic heterocycles. The fourth-order valence-electron chi connectivity index (χ4n) is 3.36. The summed E-state index contributed by atoms with van der Waals surface area (Å²) in [5.74, 6) is 1.05. The third-order valence-electron chi connectivity index (χ3n) is 4.82.